The number of nitrogens with two attached hydrogens (primary N) is 1. The van der Waals surface area contributed by atoms with Gasteiger partial charge in [-0.2, -0.15) is 0 Å². The smallest absolute Gasteiger partial charge is 0.134 e. The highest BCUT2D eigenvalue weighted by molar-refractivity contribution is 7.85. The SMILES string of the molecule is N[C@H]1CN(c2cc(N3CCS(=O)c4ccccc4C3)nc3ccc(Cl)cc23)C[C@@H]1F. The molecule has 3 heterocycles. The van der Waals surface area contributed by atoms with Gasteiger partial charge in [-0.05, 0) is 29.8 Å². The van der Waals surface area contributed by atoms with Crippen LogP contribution in [0.2, 0.25) is 5.02 Å². The Morgan fingerprint density at radius 3 is 2.77 bits per heavy atom. The van der Waals surface area contributed by atoms with Crippen LogP contribution in [0.3, 0.4) is 0 Å². The van der Waals surface area contributed by atoms with E-state index in [1.807, 2.05) is 53.4 Å². The van der Waals surface area contributed by atoms with Crippen molar-refractivity contribution in [3.63, 3.8) is 0 Å². The van der Waals surface area contributed by atoms with E-state index < -0.39 is 23.0 Å². The maximum Gasteiger partial charge on any atom is 0.134 e. The molecular formula is C22H22ClFN4OS. The molecule has 8 heteroatoms. The maximum atomic E-state index is 14.2. The number of benzene rings is 2. The lowest BCUT2D eigenvalue weighted by molar-refractivity contribution is 0.333. The van der Waals surface area contributed by atoms with Crippen molar-refractivity contribution < 1.29 is 8.60 Å². The normalized spacial score (nSPS) is 24.2. The molecule has 5 rings (SSSR count). The summed E-state index contributed by atoms with van der Waals surface area (Å²) in [4.78, 5) is 9.87. The molecule has 0 aliphatic carbocycles. The highest BCUT2D eigenvalue weighted by Gasteiger charge is 2.31. The van der Waals surface area contributed by atoms with Crippen LogP contribution >= 0.6 is 11.6 Å². The standard InChI is InChI=1S/C22H22ClFN4OS/c23-15-5-6-19-16(9-15)20(28-12-17(24)18(25)13-28)10-22(26-19)27-7-8-30(29)21-4-2-1-3-14(21)11-27/h1-6,9-10,17-18H,7-8,11-13,25H2/t17-,18-,30?/m0/s1. The Balaban J connectivity index is 1.60. The number of halogens is 2. The predicted octanol–water partition coefficient (Wildman–Crippen LogP) is 3.50. The van der Waals surface area contributed by atoms with Crippen LogP contribution in [0.5, 0.6) is 0 Å². The van der Waals surface area contributed by atoms with E-state index in [0.717, 1.165) is 32.9 Å². The summed E-state index contributed by atoms with van der Waals surface area (Å²) in [6.07, 6.45) is -1.07. The number of alkyl halides is 1. The minimum Gasteiger partial charge on any atom is -0.366 e. The fourth-order valence-electron chi connectivity index (χ4n) is 4.22. The van der Waals surface area contributed by atoms with Gasteiger partial charge in [-0.1, -0.05) is 29.8 Å². The lowest BCUT2D eigenvalue weighted by Gasteiger charge is -2.26. The van der Waals surface area contributed by atoms with Gasteiger partial charge >= 0.3 is 0 Å². The Bertz CT molecular complexity index is 1130. The third-order valence-corrected chi connectivity index (χ3v) is 7.49. The van der Waals surface area contributed by atoms with E-state index in [2.05, 4.69) is 4.90 Å². The molecule has 0 radical (unpaired) electrons. The number of anilines is 2. The lowest BCUT2D eigenvalue weighted by Crippen LogP contribution is -2.30. The molecule has 0 saturated carbocycles. The Morgan fingerprint density at radius 2 is 1.97 bits per heavy atom. The highest BCUT2D eigenvalue weighted by Crippen LogP contribution is 2.35. The van der Waals surface area contributed by atoms with E-state index in [1.165, 1.54) is 0 Å². The molecule has 1 fully saturated rings. The van der Waals surface area contributed by atoms with Crippen LogP contribution in [0.15, 0.2) is 53.4 Å². The van der Waals surface area contributed by atoms with Gasteiger partial charge in [0, 0.05) is 46.8 Å². The Hall–Kier alpha value is -2.22. The number of pyridine rings is 1. The van der Waals surface area contributed by atoms with Crippen LogP contribution in [-0.4, -0.2) is 46.8 Å². The Labute approximate surface area is 182 Å². The summed E-state index contributed by atoms with van der Waals surface area (Å²) in [5, 5.41) is 1.49. The molecule has 3 aromatic rings. The molecule has 2 N–H and O–H groups in total. The molecule has 1 aromatic heterocycles. The van der Waals surface area contributed by atoms with Crippen molar-refractivity contribution in [2.45, 2.75) is 23.7 Å². The lowest BCUT2D eigenvalue weighted by atomic mass is 10.1. The first-order valence-corrected chi connectivity index (χ1v) is 11.7. The summed E-state index contributed by atoms with van der Waals surface area (Å²) < 4.78 is 26.9. The summed E-state index contributed by atoms with van der Waals surface area (Å²) in [5.74, 6) is 1.32. The van der Waals surface area contributed by atoms with E-state index in [-0.39, 0.29) is 6.54 Å². The molecule has 3 atom stereocenters. The fraction of sp³-hybridized carbons (Fsp3) is 0.318. The Kier molecular flexibility index (Phi) is 5.13. The van der Waals surface area contributed by atoms with E-state index in [0.29, 0.717) is 30.4 Å². The van der Waals surface area contributed by atoms with Crippen LogP contribution in [0.1, 0.15) is 5.56 Å². The van der Waals surface area contributed by atoms with Gasteiger partial charge in [0.1, 0.15) is 12.0 Å². The zero-order valence-electron chi connectivity index (χ0n) is 16.3. The van der Waals surface area contributed by atoms with Gasteiger partial charge in [-0.15, -0.1) is 0 Å². The average Bonchev–Trinajstić information content (AvgIpc) is 2.98. The van der Waals surface area contributed by atoms with Crippen molar-refractivity contribution in [1.29, 1.82) is 0 Å². The maximum absolute atomic E-state index is 14.2. The zero-order chi connectivity index (χ0) is 20.8. The van der Waals surface area contributed by atoms with E-state index in [9.17, 15) is 8.60 Å². The number of rotatable bonds is 2. The van der Waals surface area contributed by atoms with Gasteiger partial charge in [0.05, 0.1) is 34.6 Å². The number of nitrogens with zero attached hydrogens (tertiary/aromatic N) is 3. The Morgan fingerprint density at radius 1 is 1.13 bits per heavy atom. The summed E-state index contributed by atoms with van der Waals surface area (Å²) in [6.45, 7) is 1.94. The molecule has 2 aliphatic heterocycles. The second-order valence-electron chi connectivity index (χ2n) is 7.82. The zero-order valence-corrected chi connectivity index (χ0v) is 17.9. The molecule has 1 saturated heterocycles. The first kappa shape index (κ1) is 19.7. The van der Waals surface area contributed by atoms with Crippen LogP contribution in [0.4, 0.5) is 15.9 Å². The second kappa shape index (κ2) is 7.80. The second-order valence-corrected chi connectivity index (χ2v) is 9.80. The summed E-state index contributed by atoms with van der Waals surface area (Å²) >= 11 is 6.25. The minimum absolute atomic E-state index is 0.249. The molecule has 156 valence electrons. The van der Waals surface area contributed by atoms with Gasteiger partial charge in [0.2, 0.25) is 0 Å². The number of hydrogen-bond acceptors (Lipinski definition) is 5. The molecule has 2 aromatic carbocycles. The van der Waals surface area contributed by atoms with Crippen molar-refractivity contribution >= 4 is 44.8 Å². The van der Waals surface area contributed by atoms with Gasteiger partial charge in [0.15, 0.2) is 0 Å². The van der Waals surface area contributed by atoms with E-state index in [1.54, 1.807) is 0 Å². The minimum atomic E-state index is -1.07. The average molecular weight is 445 g/mol. The van der Waals surface area contributed by atoms with E-state index in [4.69, 9.17) is 22.3 Å². The van der Waals surface area contributed by atoms with Crippen LogP contribution in [0.25, 0.3) is 10.9 Å². The molecule has 5 nitrogen and oxygen atoms in total. The van der Waals surface area contributed by atoms with E-state index >= 15 is 0 Å². The first-order valence-electron chi connectivity index (χ1n) is 9.96. The summed E-state index contributed by atoms with van der Waals surface area (Å²) in [6, 6.07) is 14.9. The van der Waals surface area contributed by atoms with Crippen molar-refractivity contribution in [3.8, 4) is 0 Å². The van der Waals surface area contributed by atoms with Crippen LogP contribution in [0, 0.1) is 0 Å². The quantitative estimate of drug-likeness (QED) is 0.655. The monoisotopic (exact) mass is 444 g/mol. The first-order chi connectivity index (χ1) is 14.5. The molecular weight excluding hydrogens is 423 g/mol. The van der Waals surface area contributed by atoms with Gasteiger partial charge in [0.25, 0.3) is 0 Å². The number of hydrogen-bond donors (Lipinski definition) is 1. The summed E-state index contributed by atoms with van der Waals surface area (Å²) in [5.41, 5.74) is 8.66. The van der Waals surface area contributed by atoms with Gasteiger partial charge in [-0.3, -0.25) is 4.21 Å². The predicted molar refractivity (Wildman–Crippen MR) is 121 cm³/mol. The summed E-state index contributed by atoms with van der Waals surface area (Å²) in [7, 11) is -1.04. The molecule has 0 amide bonds. The van der Waals surface area contributed by atoms with Crippen LogP contribution < -0.4 is 15.5 Å². The molecule has 0 spiro atoms. The van der Waals surface area contributed by atoms with Crippen molar-refractivity contribution in [2.75, 3.05) is 35.2 Å². The number of fused-ring (bicyclic) bond motifs is 2. The van der Waals surface area contributed by atoms with Crippen molar-refractivity contribution in [1.82, 2.24) is 4.98 Å². The van der Waals surface area contributed by atoms with Crippen LogP contribution in [-0.2, 0) is 17.3 Å². The largest absolute Gasteiger partial charge is 0.366 e. The van der Waals surface area contributed by atoms with Crippen molar-refractivity contribution in [3.05, 3.63) is 59.1 Å². The molecule has 0 bridgehead atoms. The van der Waals surface area contributed by atoms with Crippen molar-refractivity contribution in [2.24, 2.45) is 5.73 Å². The topological polar surface area (TPSA) is 62.5 Å². The number of aromatic nitrogens is 1. The highest BCUT2D eigenvalue weighted by atomic mass is 35.5. The third kappa shape index (κ3) is 3.55. The molecule has 1 unspecified atom stereocenters. The third-order valence-electron chi connectivity index (χ3n) is 5.82. The fourth-order valence-corrected chi connectivity index (χ4v) is 5.65. The van der Waals surface area contributed by atoms with Gasteiger partial charge in [-0.25, -0.2) is 9.37 Å². The molecule has 2 aliphatic rings. The van der Waals surface area contributed by atoms with Gasteiger partial charge < -0.3 is 15.5 Å². The molecule has 30 heavy (non-hydrogen) atoms.